The molecule has 0 heterocycles. The van der Waals surface area contributed by atoms with Crippen LogP contribution < -0.4 is 0 Å². The van der Waals surface area contributed by atoms with E-state index >= 15 is 0 Å². The van der Waals surface area contributed by atoms with Crippen molar-refractivity contribution in [1.82, 2.24) is 0 Å². The SMILES string of the molecule is C=C(C(=O)OCC)C(O)(C(F)(F)F)C(F)(F)Br. The topological polar surface area (TPSA) is 46.5 Å². The van der Waals surface area contributed by atoms with Crippen LogP contribution in [0.3, 0.4) is 0 Å². The van der Waals surface area contributed by atoms with E-state index in [1.807, 2.05) is 0 Å². The van der Waals surface area contributed by atoms with Crippen molar-refractivity contribution in [2.24, 2.45) is 0 Å². The van der Waals surface area contributed by atoms with Crippen LogP contribution in [0.4, 0.5) is 22.0 Å². The van der Waals surface area contributed by atoms with E-state index in [9.17, 15) is 26.7 Å². The molecule has 1 unspecified atom stereocenters. The number of halogens is 6. The fourth-order valence-corrected chi connectivity index (χ4v) is 1.33. The predicted octanol–water partition coefficient (Wildman–Crippen LogP) is 2.39. The first-order valence-corrected chi connectivity index (χ1v) is 4.91. The lowest BCUT2D eigenvalue weighted by Gasteiger charge is -2.34. The zero-order valence-electron chi connectivity index (χ0n) is 8.45. The highest BCUT2D eigenvalue weighted by Crippen LogP contribution is 2.49. The number of carbonyl (C=O) groups excluding carboxylic acids is 1. The van der Waals surface area contributed by atoms with E-state index in [4.69, 9.17) is 5.11 Å². The molecule has 100 valence electrons. The molecule has 0 saturated carbocycles. The number of carbonyl (C=O) groups is 1. The van der Waals surface area contributed by atoms with Gasteiger partial charge in [-0.15, -0.1) is 0 Å². The number of ether oxygens (including phenoxy) is 1. The Morgan fingerprint density at radius 2 is 1.76 bits per heavy atom. The van der Waals surface area contributed by atoms with Crippen LogP contribution >= 0.6 is 15.9 Å². The first-order valence-electron chi connectivity index (χ1n) is 4.12. The summed E-state index contributed by atoms with van der Waals surface area (Å²) in [4.78, 5) is 6.13. The summed E-state index contributed by atoms with van der Waals surface area (Å²) < 4.78 is 66.9. The van der Waals surface area contributed by atoms with E-state index in [1.165, 1.54) is 22.9 Å². The molecule has 0 aromatic rings. The average Bonchev–Trinajstić information content (AvgIpc) is 2.12. The van der Waals surface area contributed by atoms with Crippen molar-refractivity contribution in [3.8, 4) is 0 Å². The molecule has 0 aliphatic rings. The van der Waals surface area contributed by atoms with Crippen molar-refractivity contribution < 1.29 is 36.6 Å². The van der Waals surface area contributed by atoms with Gasteiger partial charge in [-0.25, -0.2) is 4.79 Å². The molecule has 0 bridgehead atoms. The number of hydrogen-bond acceptors (Lipinski definition) is 3. The number of esters is 1. The van der Waals surface area contributed by atoms with Gasteiger partial charge in [-0.2, -0.15) is 22.0 Å². The van der Waals surface area contributed by atoms with Crippen LogP contribution in [0.1, 0.15) is 6.92 Å². The second kappa shape index (κ2) is 4.89. The smallest absolute Gasteiger partial charge is 0.428 e. The second-order valence-electron chi connectivity index (χ2n) is 2.90. The molecule has 0 aliphatic carbocycles. The maximum atomic E-state index is 12.8. The van der Waals surface area contributed by atoms with Crippen molar-refractivity contribution in [2.75, 3.05) is 6.61 Å². The molecule has 0 rings (SSSR count). The van der Waals surface area contributed by atoms with Crippen LogP contribution in [0.5, 0.6) is 0 Å². The average molecular weight is 327 g/mol. The van der Waals surface area contributed by atoms with E-state index in [-0.39, 0.29) is 6.61 Å². The molecule has 0 saturated heterocycles. The van der Waals surface area contributed by atoms with Crippen molar-refractivity contribution in [3.05, 3.63) is 12.2 Å². The quantitative estimate of drug-likeness (QED) is 0.373. The fourth-order valence-electron chi connectivity index (χ4n) is 0.869. The van der Waals surface area contributed by atoms with Gasteiger partial charge in [0.1, 0.15) is 0 Å². The minimum absolute atomic E-state index is 0.348. The summed E-state index contributed by atoms with van der Waals surface area (Å²) >= 11 is 1.39. The van der Waals surface area contributed by atoms with E-state index < -0.39 is 28.2 Å². The van der Waals surface area contributed by atoms with Gasteiger partial charge in [-0.05, 0) is 22.9 Å². The van der Waals surface area contributed by atoms with Crippen LogP contribution in [0.15, 0.2) is 12.2 Å². The molecule has 0 radical (unpaired) electrons. The molecule has 0 aliphatic heterocycles. The Balaban J connectivity index is 5.53. The lowest BCUT2D eigenvalue weighted by atomic mass is 9.94. The maximum Gasteiger partial charge on any atom is 0.428 e. The molecule has 17 heavy (non-hydrogen) atoms. The van der Waals surface area contributed by atoms with Gasteiger partial charge in [-0.3, -0.25) is 0 Å². The minimum Gasteiger partial charge on any atom is -0.463 e. The molecular formula is C8H8BrF5O3. The molecular weight excluding hydrogens is 319 g/mol. The Hall–Kier alpha value is -0.700. The van der Waals surface area contributed by atoms with Crippen molar-refractivity contribution in [1.29, 1.82) is 0 Å². The summed E-state index contributed by atoms with van der Waals surface area (Å²) in [5.41, 5.74) is -6.53. The van der Waals surface area contributed by atoms with Gasteiger partial charge < -0.3 is 9.84 Å². The van der Waals surface area contributed by atoms with Crippen LogP contribution in [0, 0.1) is 0 Å². The molecule has 1 N–H and O–H groups in total. The maximum absolute atomic E-state index is 12.8. The van der Waals surface area contributed by atoms with Crippen LogP contribution in [-0.2, 0) is 9.53 Å². The number of alkyl halides is 6. The van der Waals surface area contributed by atoms with E-state index in [2.05, 4.69) is 11.3 Å². The normalized spacial score (nSPS) is 16.2. The van der Waals surface area contributed by atoms with Gasteiger partial charge in [-0.1, -0.05) is 6.58 Å². The zero-order valence-corrected chi connectivity index (χ0v) is 10.0. The highest BCUT2D eigenvalue weighted by atomic mass is 79.9. The Kier molecular flexibility index (Phi) is 4.69. The van der Waals surface area contributed by atoms with E-state index in [0.717, 1.165) is 0 Å². The zero-order chi connectivity index (χ0) is 14.1. The van der Waals surface area contributed by atoms with Crippen molar-refractivity contribution in [2.45, 2.75) is 23.5 Å². The first-order chi connectivity index (χ1) is 7.39. The van der Waals surface area contributed by atoms with Crippen LogP contribution in [0.2, 0.25) is 0 Å². The highest BCUT2D eigenvalue weighted by molar-refractivity contribution is 9.10. The molecule has 0 fully saturated rings. The van der Waals surface area contributed by atoms with Crippen LogP contribution in [-0.4, -0.2) is 34.3 Å². The van der Waals surface area contributed by atoms with Gasteiger partial charge in [0, 0.05) is 0 Å². The summed E-state index contributed by atoms with van der Waals surface area (Å²) in [5, 5.41) is 9.03. The highest BCUT2D eigenvalue weighted by Gasteiger charge is 2.71. The molecule has 0 spiro atoms. The molecule has 3 nitrogen and oxygen atoms in total. The van der Waals surface area contributed by atoms with E-state index in [0.29, 0.717) is 0 Å². The molecule has 1 atom stereocenters. The number of hydrogen-bond donors (Lipinski definition) is 1. The summed E-state index contributed by atoms with van der Waals surface area (Å²) in [6.45, 7) is 3.43. The summed E-state index contributed by atoms with van der Waals surface area (Å²) in [5.74, 6) is -1.76. The van der Waals surface area contributed by atoms with Gasteiger partial charge in [0.25, 0.3) is 5.60 Å². The predicted molar refractivity (Wildman–Crippen MR) is 50.7 cm³/mol. The third kappa shape index (κ3) is 2.95. The number of aliphatic hydroxyl groups is 1. The van der Waals surface area contributed by atoms with Gasteiger partial charge >= 0.3 is 17.0 Å². The molecule has 0 aromatic carbocycles. The summed E-state index contributed by atoms with van der Waals surface area (Å²) in [6.07, 6.45) is -5.80. The summed E-state index contributed by atoms with van der Waals surface area (Å²) in [6, 6.07) is 0. The third-order valence-electron chi connectivity index (χ3n) is 1.78. The minimum atomic E-state index is -5.80. The standard InChI is InChI=1S/C8H8BrF5O3/c1-3-17-5(15)4(2)6(16,7(9,10)11)8(12,13)14/h16H,2-3H2,1H3. The molecule has 9 heteroatoms. The van der Waals surface area contributed by atoms with Gasteiger partial charge in [0.05, 0.1) is 12.2 Å². The fraction of sp³-hybridized carbons (Fsp3) is 0.625. The Labute approximate surface area is 101 Å². The largest absolute Gasteiger partial charge is 0.463 e. The first kappa shape index (κ1) is 16.3. The lowest BCUT2D eigenvalue weighted by Crippen LogP contribution is -2.58. The third-order valence-corrected chi connectivity index (χ3v) is 2.35. The second-order valence-corrected chi connectivity index (χ2v) is 3.90. The Morgan fingerprint density at radius 3 is 2.00 bits per heavy atom. The van der Waals surface area contributed by atoms with Crippen LogP contribution in [0.25, 0.3) is 0 Å². The number of rotatable bonds is 4. The molecule has 0 amide bonds. The Morgan fingerprint density at radius 1 is 1.35 bits per heavy atom. The van der Waals surface area contributed by atoms with Gasteiger partial charge in [0.15, 0.2) is 0 Å². The monoisotopic (exact) mass is 326 g/mol. The Bertz CT molecular complexity index is 306. The molecule has 0 aromatic heterocycles. The van der Waals surface area contributed by atoms with Crippen molar-refractivity contribution >= 4 is 21.9 Å². The van der Waals surface area contributed by atoms with E-state index in [1.54, 1.807) is 0 Å². The van der Waals surface area contributed by atoms with Gasteiger partial charge in [0.2, 0.25) is 0 Å². The summed E-state index contributed by atoms with van der Waals surface area (Å²) in [7, 11) is 0. The lowest BCUT2D eigenvalue weighted by molar-refractivity contribution is -0.288. The van der Waals surface area contributed by atoms with Crippen molar-refractivity contribution in [3.63, 3.8) is 0 Å².